The van der Waals surface area contributed by atoms with Gasteiger partial charge in [0.25, 0.3) is 5.78 Å². The van der Waals surface area contributed by atoms with E-state index in [1.165, 1.54) is 0 Å². The first-order valence-electron chi connectivity index (χ1n) is 4.86. The van der Waals surface area contributed by atoms with Gasteiger partial charge in [-0.25, -0.2) is 4.98 Å². The second-order valence-corrected chi connectivity index (χ2v) is 4.30. The van der Waals surface area contributed by atoms with Crippen molar-refractivity contribution in [3.05, 3.63) is 46.8 Å². The molecule has 0 unspecified atom stereocenters. The van der Waals surface area contributed by atoms with Gasteiger partial charge in [0, 0.05) is 16.8 Å². The van der Waals surface area contributed by atoms with E-state index in [-0.39, 0.29) is 0 Å². The third kappa shape index (κ3) is 1.75. The zero-order valence-electron chi connectivity index (χ0n) is 8.51. The molecule has 0 saturated heterocycles. The summed E-state index contributed by atoms with van der Waals surface area (Å²) in [7, 11) is 0. The highest BCUT2D eigenvalue weighted by Crippen LogP contribution is 2.29. The summed E-state index contributed by atoms with van der Waals surface area (Å²) >= 11 is 12.0. The number of nitrogens with zero attached hydrogens (tertiary/aromatic N) is 4. The van der Waals surface area contributed by atoms with Gasteiger partial charge in [-0.2, -0.15) is 0 Å². The van der Waals surface area contributed by atoms with Gasteiger partial charge in [0.05, 0.1) is 10.7 Å². The van der Waals surface area contributed by atoms with Crippen molar-refractivity contribution < 1.29 is 0 Å². The molecule has 3 aromatic rings. The smallest absolute Gasteiger partial charge is 0.255 e. The van der Waals surface area contributed by atoms with E-state index in [1.54, 1.807) is 29.1 Å². The molecule has 17 heavy (non-hydrogen) atoms. The van der Waals surface area contributed by atoms with E-state index in [0.29, 0.717) is 15.8 Å². The monoisotopic (exact) mass is 264 g/mol. The van der Waals surface area contributed by atoms with E-state index >= 15 is 0 Å². The molecular formula is C11H6Cl2N4. The number of rotatable bonds is 1. The van der Waals surface area contributed by atoms with Crippen LogP contribution in [0.5, 0.6) is 0 Å². The fourth-order valence-electron chi connectivity index (χ4n) is 1.66. The Hall–Kier alpha value is -1.65. The summed E-state index contributed by atoms with van der Waals surface area (Å²) in [4.78, 5) is 4.09. The molecule has 0 aliphatic rings. The van der Waals surface area contributed by atoms with E-state index in [4.69, 9.17) is 23.2 Å². The molecule has 0 aliphatic carbocycles. The fraction of sp³-hybridized carbons (Fsp3) is 0. The largest absolute Gasteiger partial charge is 0.265 e. The summed E-state index contributed by atoms with van der Waals surface area (Å²) in [6, 6.07) is 7.21. The Morgan fingerprint density at radius 1 is 1.12 bits per heavy atom. The van der Waals surface area contributed by atoms with Gasteiger partial charge >= 0.3 is 0 Å². The van der Waals surface area contributed by atoms with Crippen molar-refractivity contribution in [1.29, 1.82) is 0 Å². The van der Waals surface area contributed by atoms with Crippen molar-refractivity contribution in [3.8, 4) is 11.3 Å². The van der Waals surface area contributed by atoms with Crippen LogP contribution in [0.3, 0.4) is 0 Å². The number of halogens is 2. The van der Waals surface area contributed by atoms with Crippen LogP contribution in [-0.4, -0.2) is 19.6 Å². The summed E-state index contributed by atoms with van der Waals surface area (Å²) in [5, 5.41) is 8.89. The van der Waals surface area contributed by atoms with Gasteiger partial charge in [-0.1, -0.05) is 23.2 Å². The molecule has 84 valence electrons. The second kappa shape index (κ2) is 3.98. The van der Waals surface area contributed by atoms with Crippen LogP contribution in [0.1, 0.15) is 0 Å². The Kier molecular flexibility index (Phi) is 2.46. The van der Waals surface area contributed by atoms with Crippen molar-refractivity contribution in [3.63, 3.8) is 0 Å². The molecule has 2 aromatic heterocycles. The zero-order valence-corrected chi connectivity index (χ0v) is 10.0. The van der Waals surface area contributed by atoms with Gasteiger partial charge in [-0.3, -0.25) is 4.40 Å². The van der Waals surface area contributed by atoms with Crippen LogP contribution < -0.4 is 0 Å². The average Bonchev–Trinajstić information content (AvgIpc) is 2.77. The number of hydrogen-bond acceptors (Lipinski definition) is 3. The van der Waals surface area contributed by atoms with E-state index in [9.17, 15) is 0 Å². The minimum atomic E-state index is 0.536. The van der Waals surface area contributed by atoms with Crippen LogP contribution in [0.15, 0.2) is 36.8 Å². The summed E-state index contributed by atoms with van der Waals surface area (Å²) in [5.74, 6) is 0.536. The number of aromatic nitrogens is 4. The lowest BCUT2D eigenvalue weighted by Crippen LogP contribution is -1.93. The Morgan fingerprint density at radius 2 is 2.00 bits per heavy atom. The molecule has 0 N–H and O–H groups in total. The normalized spacial score (nSPS) is 10.9. The predicted molar refractivity (Wildman–Crippen MR) is 66.2 cm³/mol. The standard InChI is InChI=1S/C11H6Cl2N4/c12-7-1-2-8(9(13)5-7)10-3-4-14-11-16-15-6-17(10)11/h1-6H. The van der Waals surface area contributed by atoms with Crippen LogP contribution in [0.4, 0.5) is 0 Å². The van der Waals surface area contributed by atoms with Crippen LogP contribution in [0.25, 0.3) is 17.0 Å². The molecule has 4 nitrogen and oxygen atoms in total. The van der Waals surface area contributed by atoms with E-state index in [1.807, 2.05) is 12.1 Å². The SMILES string of the molecule is Clc1ccc(-c2ccnc3nncn23)c(Cl)c1. The van der Waals surface area contributed by atoms with Crippen LogP contribution >= 0.6 is 23.2 Å². The second-order valence-electron chi connectivity index (χ2n) is 3.46. The molecule has 6 heteroatoms. The molecular weight excluding hydrogens is 259 g/mol. The molecule has 0 atom stereocenters. The van der Waals surface area contributed by atoms with Gasteiger partial charge < -0.3 is 0 Å². The van der Waals surface area contributed by atoms with Gasteiger partial charge in [0.2, 0.25) is 0 Å². The maximum absolute atomic E-state index is 6.17. The quantitative estimate of drug-likeness (QED) is 0.679. The molecule has 0 fully saturated rings. The predicted octanol–water partition coefficient (Wildman–Crippen LogP) is 3.10. The van der Waals surface area contributed by atoms with Crippen molar-refractivity contribution in [1.82, 2.24) is 19.6 Å². The van der Waals surface area contributed by atoms with E-state index in [2.05, 4.69) is 15.2 Å². The lowest BCUT2D eigenvalue weighted by Gasteiger charge is -2.06. The van der Waals surface area contributed by atoms with Crippen LogP contribution in [0, 0.1) is 0 Å². The van der Waals surface area contributed by atoms with Crippen molar-refractivity contribution in [2.75, 3.05) is 0 Å². The first-order valence-corrected chi connectivity index (χ1v) is 5.61. The topological polar surface area (TPSA) is 43.1 Å². The first-order chi connectivity index (χ1) is 8.25. The van der Waals surface area contributed by atoms with Gasteiger partial charge in [0.1, 0.15) is 6.33 Å². The molecule has 0 amide bonds. The van der Waals surface area contributed by atoms with Crippen LogP contribution in [-0.2, 0) is 0 Å². The van der Waals surface area contributed by atoms with Gasteiger partial charge in [-0.05, 0) is 24.3 Å². The molecule has 1 aromatic carbocycles. The first kappa shape index (κ1) is 10.5. The van der Waals surface area contributed by atoms with Gasteiger partial charge in [0.15, 0.2) is 0 Å². The van der Waals surface area contributed by atoms with Crippen molar-refractivity contribution in [2.24, 2.45) is 0 Å². The number of fused-ring (bicyclic) bond motifs is 1. The molecule has 0 spiro atoms. The Morgan fingerprint density at radius 3 is 2.82 bits per heavy atom. The minimum absolute atomic E-state index is 0.536. The average molecular weight is 265 g/mol. The fourth-order valence-corrected chi connectivity index (χ4v) is 2.16. The maximum Gasteiger partial charge on any atom is 0.255 e. The number of benzene rings is 1. The highest BCUT2D eigenvalue weighted by molar-refractivity contribution is 6.36. The van der Waals surface area contributed by atoms with Crippen LogP contribution in [0.2, 0.25) is 10.0 Å². The molecule has 0 saturated carbocycles. The highest BCUT2D eigenvalue weighted by atomic mass is 35.5. The third-order valence-electron chi connectivity index (χ3n) is 2.42. The lowest BCUT2D eigenvalue weighted by atomic mass is 10.1. The van der Waals surface area contributed by atoms with Crippen molar-refractivity contribution >= 4 is 29.0 Å². The summed E-state index contributed by atoms with van der Waals surface area (Å²) in [6.07, 6.45) is 3.27. The molecule has 3 rings (SSSR count). The third-order valence-corrected chi connectivity index (χ3v) is 2.97. The Balaban J connectivity index is 2.30. The molecule has 0 aliphatic heterocycles. The zero-order chi connectivity index (χ0) is 11.8. The Labute approximate surface area is 107 Å². The summed E-state index contributed by atoms with van der Waals surface area (Å²) in [6.45, 7) is 0. The highest BCUT2D eigenvalue weighted by Gasteiger charge is 2.09. The molecule has 2 heterocycles. The molecule has 0 bridgehead atoms. The molecule has 0 radical (unpaired) electrons. The lowest BCUT2D eigenvalue weighted by molar-refractivity contribution is 1.10. The van der Waals surface area contributed by atoms with Crippen molar-refractivity contribution in [2.45, 2.75) is 0 Å². The van der Waals surface area contributed by atoms with E-state index in [0.717, 1.165) is 11.3 Å². The summed E-state index contributed by atoms with van der Waals surface area (Å²) < 4.78 is 1.77. The maximum atomic E-state index is 6.17. The number of hydrogen-bond donors (Lipinski definition) is 0. The minimum Gasteiger partial charge on any atom is -0.265 e. The van der Waals surface area contributed by atoms with Gasteiger partial charge in [-0.15, -0.1) is 10.2 Å². The Bertz CT molecular complexity index is 693. The summed E-state index contributed by atoms with van der Waals surface area (Å²) in [5.41, 5.74) is 1.74. The van der Waals surface area contributed by atoms with E-state index < -0.39 is 0 Å².